The van der Waals surface area contributed by atoms with Gasteiger partial charge in [0.25, 0.3) is 5.56 Å². The number of hydrogen-bond acceptors (Lipinski definition) is 5. The van der Waals surface area contributed by atoms with E-state index >= 15 is 0 Å². The maximum absolute atomic E-state index is 13.8. The number of ether oxygens (including phenoxy) is 1. The second-order valence-electron chi connectivity index (χ2n) is 7.68. The third-order valence-corrected chi connectivity index (χ3v) is 6.49. The lowest BCUT2D eigenvalue weighted by Crippen LogP contribution is -2.21. The van der Waals surface area contributed by atoms with E-state index in [0.29, 0.717) is 10.5 Å². The molecular weight excluding hydrogens is 406 g/mol. The van der Waals surface area contributed by atoms with Crippen molar-refractivity contribution in [2.75, 3.05) is 7.11 Å². The van der Waals surface area contributed by atoms with Gasteiger partial charge in [-0.25, -0.2) is 9.97 Å². The van der Waals surface area contributed by atoms with Crippen molar-refractivity contribution >= 4 is 31.8 Å². The number of methoxy groups -OCH3 is 1. The number of pyridine rings is 1. The quantitative estimate of drug-likeness (QED) is 0.376. The van der Waals surface area contributed by atoms with Gasteiger partial charge in [0.05, 0.1) is 18.3 Å². The molecule has 5 aromatic rings. The molecule has 0 spiro atoms. The molecule has 0 atom stereocenters. The first-order valence-electron chi connectivity index (χ1n) is 10.0. The molecule has 0 aliphatic rings. The van der Waals surface area contributed by atoms with Gasteiger partial charge in [0, 0.05) is 16.6 Å². The molecule has 0 bridgehead atoms. The van der Waals surface area contributed by atoms with E-state index in [-0.39, 0.29) is 5.56 Å². The summed E-state index contributed by atoms with van der Waals surface area (Å²) in [5, 5.41) is 0.956. The van der Waals surface area contributed by atoms with Crippen molar-refractivity contribution in [1.29, 1.82) is 0 Å². The van der Waals surface area contributed by atoms with Gasteiger partial charge in [-0.1, -0.05) is 29.8 Å². The second-order valence-corrected chi connectivity index (χ2v) is 8.68. The summed E-state index contributed by atoms with van der Waals surface area (Å²) in [7, 11) is 1.63. The molecule has 5 nitrogen and oxygen atoms in total. The van der Waals surface area contributed by atoms with Gasteiger partial charge in [-0.05, 0) is 56.7 Å². The van der Waals surface area contributed by atoms with Crippen molar-refractivity contribution in [2.24, 2.45) is 0 Å². The third kappa shape index (κ3) is 3.20. The molecular formula is C25H21N3O2S. The highest BCUT2D eigenvalue weighted by molar-refractivity contribution is 7.25. The number of nitrogens with zero attached hydrogens (tertiary/aromatic N) is 3. The molecule has 0 amide bonds. The molecule has 154 valence electrons. The van der Waals surface area contributed by atoms with Crippen molar-refractivity contribution in [1.82, 2.24) is 14.5 Å². The van der Waals surface area contributed by atoms with E-state index in [9.17, 15) is 4.79 Å². The molecule has 0 aliphatic heterocycles. The van der Waals surface area contributed by atoms with Crippen molar-refractivity contribution in [2.45, 2.75) is 20.8 Å². The van der Waals surface area contributed by atoms with Crippen LogP contribution >= 0.6 is 11.3 Å². The molecule has 31 heavy (non-hydrogen) atoms. The van der Waals surface area contributed by atoms with Crippen molar-refractivity contribution < 1.29 is 4.74 Å². The first-order valence-corrected chi connectivity index (χ1v) is 10.8. The Hall–Kier alpha value is -3.51. The van der Waals surface area contributed by atoms with E-state index in [1.807, 2.05) is 75.4 Å². The average molecular weight is 428 g/mol. The SMILES string of the molecule is COc1ccc(-n2c(-c3ccc(C)cc3)nc3c(sc4nc(C)cc(C)c43)c2=O)cc1. The molecule has 0 radical (unpaired) electrons. The topological polar surface area (TPSA) is 57.0 Å². The van der Waals surface area contributed by atoms with Crippen LogP contribution in [0.2, 0.25) is 0 Å². The predicted octanol–water partition coefficient (Wildman–Crippen LogP) is 5.60. The van der Waals surface area contributed by atoms with E-state index in [1.54, 1.807) is 11.7 Å². The molecule has 0 unspecified atom stereocenters. The van der Waals surface area contributed by atoms with Gasteiger partial charge in [0.2, 0.25) is 0 Å². The van der Waals surface area contributed by atoms with Crippen LogP contribution in [0.1, 0.15) is 16.8 Å². The van der Waals surface area contributed by atoms with Gasteiger partial charge in [-0.15, -0.1) is 11.3 Å². The summed E-state index contributed by atoms with van der Waals surface area (Å²) in [6.07, 6.45) is 0. The molecule has 0 fully saturated rings. The number of hydrogen-bond donors (Lipinski definition) is 0. The maximum Gasteiger partial charge on any atom is 0.276 e. The van der Waals surface area contributed by atoms with Crippen LogP contribution in [0.25, 0.3) is 37.5 Å². The summed E-state index contributed by atoms with van der Waals surface area (Å²) in [6.45, 7) is 6.06. The molecule has 6 heteroatoms. The number of rotatable bonds is 3. The van der Waals surface area contributed by atoms with E-state index in [2.05, 4.69) is 4.98 Å². The zero-order valence-electron chi connectivity index (χ0n) is 17.8. The highest BCUT2D eigenvalue weighted by Gasteiger charge is 2.20. The zero-order valence-corrected chi connectivity index (χ0v) is 18.6. The minimum absolute atomic E-state index is 0.0919. The van der Waals surface area contributed by atoms with Gasteiger partial charge in [-0.2, -0.15) is 0 Å². The van der Waals surface area contributed by atoms with Crippen LogP contribution in [0, 0.1) is 20.8 Å². The van der Waals surface area contributed by atoms with Crippen LogP contribution in [0.4, 0.5) is 0 Å². The van der Waals surface area contributed by atoms with Crippen LogP contribution in [-0.4, -0.2) is 21.6 Å². The molecule has 0 N–H and O–H groups in total. The number of benzene rings is 2. The van der Waals surface area contributed by atoms with E-state index < -0.39 is 0 Å². The molecule has 2 aromatic carbocycles. The Morgan fingerprint density at radius 3 is 2.32 bits per heavy atom. The summed E-state index contributed by atoms with van der Waals surface area (Å²) in [5.74, 6) is 1.35. The molecule has 0 aliphatic carbocycles. The Morgan fingerprint density at radius 1 is 0.935 bits per heavy atom. The van der Waals surface area contributed by atoms with Crippen LogP contribution in [0.15, 0.2) is 59.4 Å². The molecule has 0 saturated heterocycles. The Balaban J connectivity index is 1.91. The smallest absolute Gasteiger partial charge is 0.276 e. The maximum atomic E-state index is 13.8. The molecule has 3 aromatic heterocycles. The zero-order chi connectivity index (χ0) is 21.7. The van der Waals surface area contributed by atoms with Crippen molar-refractivity contribution in [3.63, 3.8) is 0 Å². The Bertz CT molecular complexity index is 1500. The van der Waals surface area contributed by atoms with Gasteiger partial charge >= 0.3 is 0 Å². The van der Waals surface area contributed by atoms with E-state index in [4.69, 9.17) is 9.72 Å². The van der Waals surface area contributed by atoms with E-state index in [0.717, 1.165) is 49.6 Å². The average Bonchev–Trinajstić information content (AvgIpc) is 3.13. The number of fused-ring (bicyclic) bond motifs is 3. The van der Waals surface area contributed by atoms with Crippen molar-refractivity contribution in [3.05, 3.63) is 81.8 Å². The summed E-state index contributed by atoms with van der Waals surface area (Å²) in [6, 6.07) is 17.6. The summed E-state index contributed by atoms with van der Waals surface area (Å²) < 4.78 is 7.59. The Labute approximate surface area is 183 Å². The van der Waals surface area contributed by atoms with Crippen LogP contribution < -0.4 is 10.3 Å². The third-order valence-electron chi connectivity index (χ3n) is 5.43. The fourth-order valence-electron chi connectivity index (χ4n) is 3.90. The first-order chi connectivity index (χ1) is 15.0. The van der Waals surface area contributed by atoms with Crippen LogP contribution in [0.3, 0.4) is 0 Å². The molecule has 0 saturated carbocycles. The fourth-order valence-corrected chi connectivity index (χ4v) is 5.06. The van der Waals surface area contributed by atoms with Crippen LogP contribution in [0.5, 0.6) is 5.75 Å². The minimum atomic E-state index is -0.0919. The fraction of sp³-hybridized carbons (Fsp3) is 0.160. The lowest BCUT2D eigenvalue weighted by atomic mass is 10.1. The standard InChI is InChI=1S/C25H21N3O2S/c1-14-5-7-17(8-6-14)23-27-21-20-15(2)13-16(3)26-24(20)31-22(21)25(29)28(23)18-9-11-19(30-4)12-10-18/h5-13H,1-4H3. The normalized spacial score (nSPS) is 11.4. The lowest BCUT2D eigenvalue weighted by Gasteiger charge is -2.13. The van der Waals surface area contributed by atoms with E-state index in [1.165, 1.54) is 11.3 Å². The van der Waals surface area contributed by atoms with Crippen molar-refractivity contribution in [3.8, 4) is 22.8 Å². The first kappa shape index (κ1) is 19.5. The number of aryl methyl sites for hydroxylation is 3. The Morgan fingerprint density at radius 2 is 1.65 bits per heavy atom. The Kier molecular flexibility index (Phi) is 4.59. The number of thiophene rings is 1. The van der Waals surface area contributed by atoms with Gasteiger partial charge < -0.3 is 4.74 Å². The lowest BCUT2D eigenvalue weighted by molar-refractivity contribution is 0.414. The van der Waals surface area contributed by atoms with Gasteiger partial charge in [0.15, 0.2) is 0 Å². The minimum Gasteiger partial charge on any atom is -0.497 e. The highest BCUT2D eigenvalue weighted by atomic mass is 32.1. The highest BCUT2D eigenvalue weighted by Crippen LogP contribution is 2.34. The molecule has 3 heterocycles. The summed E-state index contributed by atoms with van der Waals surface area (Å²) in [4.78, 5) is 24.3. The summed E-state index contributed by atoms with van der Waals surface area (Å²) >= 11 is 1.41. The van der Waals surface area contributed by atoms with Gasteiger partial charge in [-0.3, -0.25) is 9.36 Å². The molecule has 5 rings (SSSR count). The number of aromatic nitrogens is 3. The van der Waals surface area contributed by atoms with Crippen LogP contribution in [-0.2, 0) is 0 Å². The largest absolute Gasteiger partial charge is 0.497 e. The van der Waals surface area contributed by atoms with Gasteiger partial charge in [0.1, 0.15) is 21.1 Å². The monoisotopic (exact) mass is 427 g/mol. The second kappa shape index (κ2) is 7.32. The summed E-state index contributed by atoms with van der Waals surface area (Å²) in [5.41, 5.74) is 5.43. The predicted molar refractivity (Wildman–Crippen MR) is 127 cm³/mol.